The number of nitrogens with zero attached hydrogens (tertiary/aromatic N) is 1. The summed E-state index contributed by atoms with van der Waals surface area (Å²) in [5.74, 6) is 1.47. The molecule has 0 amide bonds. The van der Waals surface area contributed by atoms with E-state index < -0.39 is 0 Å². The maximum absolute atomic E-state index is 6.04. The number of unbranched alkanes of at least 4 members (excludes halogenated alkanes) is 1. The Hall–Kier alpha value is -0.120. The van der Waals surface area contributed by atoms with Crippen molar-refractivity contribution in [3.63, 3.8) is 0 Å². The van der Waals surface area contributed by atoms with Crippen molar-refractivity contribution in [2.75, 3.05) is 53.2 Å². The zero-order valence-electron chi connectivity index (χ0n) is 17.8. The fraction of sp³-hybridized carbons (Fsp3) is 0.952. The van der Waals surface area contributed by atoms with Gasteiger partial charge in [-0.25, -0.2) is 0 Å². The van der Waals surface area contributed by atoms with Crippen molar-refractivity contribution >= 4 is 29.9 Å². The van der Waals surface area contributed by atoms with Crippen LogP contribution in [0.1, 0.15) is 64.2 Å². The molecule has 1 aliphatic heterocycles. The smallest absolute Gasteiger partial charge is 0.190 e. The molecule has 1 unspecified atom stereocenters. The second kappa shape index (κ2) is 17.7. The van der Waals surface area contributed by atoms with Gasteiger partial charge in [-0.15, -0.1) is 24.0 Å². The van der Waals surface area contributed by atoms with Crippen LogP contribution in [0, 0.1) is 5.92 Å². The lowest BCUT2D eigenvalue weighted by atomic mass is 10.1. The van der Waals surface area contributed by atoms with E-state index in [1.807, 2.05) is 7.05 Å². The van der Waals surface area contributed by atoms with Crippen LogP contribution >= 0.6 is 24.0 Å². The van der Waals surface area contributed by atoms with Crippen LogP contribution < -0.4 is 10.6 Å². The van der Waals surface area contributed by atoms with Gasteiger partial charge in [-0.05, 0) is 38.5 Å². The van der Waals surface area contributed by atoms with Crippen LogP contribution in [-0.4, -0.2) is 65.2 Å². The van der Waals surface area contributed by atoms with Gasteiger partial charge in [-0.3, -0.25) is 4.99 Å². The Labute approximate surface area is 189 Å². The second-order valence-electron chi connectivity index (χ2n) is 7.78. The van der Waals surface area contributed by atoms with Crippen molar-refractivity contribution in [3.05, 3.63) is 0 Å². The molecule has 7 heteroatoms. The fourth-order valence-corrected chi connectivity index (χ4v) is 3.66. The number of guanidine groups is 1. The van der Waals surface area contributed by atoms with Crippen molar-refractivity contribution in [1.29, 1.82) is 0 Å². The van der Waals surface area contributed by atoms with Crippen LogP contribution in [0.2, 0.25) is 0 Å². The second-order valence-corrected chi connectivity index (χ2v) is 7.78. The lowest BCUT2D eigenvalue weighted by Crippen LogP contribution is -2.38. The summed E-state index contributed by atoms with van der Waals surface area (Å²) >= 11 is 0. The van der Waals surface area contributed by atoms with E-state index >= 15 is 0 Å². The Morgan fingerprint density at radius 3 is 2.39 bits per heavy atom. The maximum atomic E-state index is 6.04. The molecular weight excluding hydrogens is 469 g/mol. The standard InChI is InChI=1S/C21H41N3O3.HI/c1-22-21(24-13-8-14-25-17-19-11-16-26-18-19)23-12-6-7-15-27-20-9-4-2-3-5-10-20;/h19-20H,2-18H2,1H3,(H2,22,23,24);1H. The highest BCUT2D eigenvalue weighted by molar-refractivity contribution is 14.0. The van der Waals surface area contributed by atoms with E-state index in [1.54, 1.807) is 0 Å². The molecule has 1 atom stereocenters. The van der Waals surface area contributed by atoms with Crippen molar-refractivity contribution in [2.45, 2.75) is 70.3 Å². The van der Waals surface area contributed by atoms with Gasteiger partial charge in [0.05, 0.1) is 19.3 Å². The average molecular weight is 511 g/mol. The number of halogens is 1. The van der Waals surface area contributed by atoms with Crippen molar-refractivity contribution in [3.8, 4) is 0 Å². The highest BCUT2D eigenvalue weighted by Crippen LogP contribution is 2.19. The molecule has 0 aromatic carbocycles. The third-order valence-electron chi connectivity index (χ3n) is 5.38. The van der Waals surface area contributed by atoms with Crippen molar-refractivity contribution < 1.29 is 14.2 Å². The van der Waals surface area contributed by atoms with E-state index in [1.165, 1.54) is 38.5 Å². The molecule has 2 rings (SSSR count). The van der Waals surface area contributed by atoms with Crippen LogP contribution in [0.3, 0.4) is 0 Å². The molecule has 0 radical (unpaired) electrons. The average Bonchev–Trinajstić information content (AvgIpc) is 3.07. The number of hydrogen-bond donors (Lipinski definition) is 2. The van der Waals surface area contributed by atoms with Gasteiger partial charge in [0.1, 0.15) is 0 Å². The highest BCUT2D eigenvalue weighted by atomic mass is 127. The molecule has 1 aliphatic carbocycles. The molecule has 6 nitrogen and oxygen atoms in total. The van der Waals surface area contributed by atoms with Crippen LogP contribution in [0.15, 0.2) is 4.99 Å². The lowest BCUT2D eigenvalue weighted by molar-refractivity contribution is 0.0411. The first-order valence-electron chi connectivity index (χ1n) is 11.1. The largest absolute Gasteiger partial charge is 0.381 e. The van der Waals surface area contributed by atoms with Gasteiger partial charge in [0.2, 0.25) is 0 Å². The van der Waals surface area contributed by atoms with Gasteiger partial charge in [-0.1, -0.05) is 25.7 Å². The summed E-state index contributed by atoms with van der Waals surface area (Å²) in [7, 11) is 1.82. The van der Waals surface area contributed by atoms with E-state index in [-0.39, 0.29) is 24.0 Å². The monoisotopic (exact) mass is 511 g/mol. The minimum absolute atomic E-state index is 0. The van der Waals surface area contributed by atoms with Gasteiger partial charge < -0.3 is 24.8 Å². The number of aliphatic imine (C=N–C) groups is 1. The van der Waals surface area contributed by atoms with E-state index in [2.05, 4.69) is 15.6 Å². The summed E-state index contributed by atoms with van der Waals surface area (Å²) in [6.45, 7) is 6.08. The van der Waals surface area contributed by atoms with Gasteiger partial charge in [0.15, 0.2) is 5.96 Å². The lowest BCUT2D eigenvalue weighted by Gasteiger charge is -2.15. The number of nitrogens with one attached hydrogen (secondary N) is 2. The van der Waals surface area contributed by atoms with Gasteiger partial charge in [-0.2, -0.15) is 0 Å². The molecule has 0 spiro atoms. The molecule has 0 aromatic rings. The number of hydrogen-bond acceptors (Lipinski definition) is 4. The molecule has 1 heterocycles. The Balaban J connectivity index is 0.00000392. The fourth-order valence-electron chi connectivity index (χ4n) is 3.66. The van der Waals surface area contributed by atoms with Crippen molar-refractivity contribution in [1.82, 2.24) is 10.6 Å². The first kappa shape index (κ1) is 25.9. The quantitative estimate of drug-likeness (QED) is 0.138. The summed E-state index contributed by atoms with van der Waals surface area (Å²) in [6.07, 6.45) is 12.8. The predicted molar refractivity (Wildman–Crippen MR) is 126 cm³/mol. The zero-order chi connectivity index (χ0) is 19.0. The first-order chi connectivity index (χ1) is 13.4. The summed E-state index contributed by atoms with van der Waals surface area (Å²) in [5, 5.41) is 6.73. The van der Waals surface area contributed by atoms with Crippen molar-refractivity contribution in [2.24, 2.45) is 10.9 Å². The minimum atomic E-state index is 0. The Morgan fingerprint density at radius 2 is 1.71 bits per heavy atom. The van der Waals surface area contributed by atoms with E-state index in [9.17, 15) is 0 Å². The minimum Gasteiger partial charge on any atom is -0.381 e. The molecule has 166 valence electrons. The molecule has 28 heavy (non-hydrogen) atoms. The summed E-state index contributed by atoms with van der Waals surface area (Å²) < 4.78 is 17.1. The van der Waals surface area contributed by atoms with Gasteiger partial charge in [0, 0.05) is 45.9 Å². The predicted octanol–water partition coefficient (Wildman–Crippen LogP) is 3.73. The van der Waals surface area contributed by atoms with Gasteiger partial charge >= 0.3 is 0 Å². The molecule has 2 fully saturated rings. The zero-order valence-corrected chi connectivity index (χ0v) is 20.1. The Kier molecular flexibility index (Phi) is 16.4. The maximum Gasteiger partial charge on any atom is 0.190 e. The topological polar surface area (TPSA) is 64.1 Å². The highest BCUT2D eigenvalue weighted by Gasteiger charge is 2.15. The Bertz CT molecular complexity index is 385. The van der Waals surface area contributed by atoms with Crippen LogP contribution in [0.4, 0.5) is 0 Å². The first-order valence-corrected chi connectivity index (χ1v) is 11.1. The molecule has 1 saturated heterocycles. The molecular formula is C21H42IN3O3. The number of ether oxygens (including phenoxy) is 3. The summed E-state index contributed by atoms with van der Waals surface area (Å²) in [6, 6.07) is 0. The van der Waals surface area contributed by atoms with E-state index in [0.29, 0.717) is 12.0 Å². The molecule has 0 aromatic heterocycles. The molecule has 0 bridgehead atoms. The van der Waals surface area contributed by atoms with Gasteiger partial charge in [0.25, 0.3) is 0 Å². The number of rotatable bonds is 12. The van der Waals surface area contributed by atoms with E-state index in [0.717, 1.165) is 77.8 Å². The normalized spacial score (nSPS) is 21.2. The van der Waals surface area contributed by atoms with Crippen LogP contribution in [-0.2, 0) is 14.2 Å². The molecule has 1 saturated carbocycles. The molecule has 2 N–H and O–H groups in total. The SMILES string of the molecule is CN=C(NCCCCOC1CCCCCC1)NCCCOCC1CCOC1.I. The Morgan fingerprint density at radius 1 is 0.964 bits per heavy atom. The third-order valence-corrected chi connectivity index (χ3v) is 5.38. The van der Waals surface area contributed by atoms with Crippen LogP contribution in [0.25, 0.3) is 0 Å². The summed E-state index contributed by atoms with van der Waals surface area (Å²) in [4.78, 5) is 4.28. The third kappa shape index (κ3) is 12.4. The summed E-state index contributed by atoms with van der Waals surface area (Å²) in [5.41, 5.74) is 0. The van der Waals surface area contributed by atoms with Crippen LogP contribution in [0.5, 0.6) is 0 Å². The molecule has 2 aliphatic rings. The van der Waals surface area contributed by atoms with E-state index in [4.69, 9.17) is 14.2 Å².